The van der Waals surface area contributed by atoms with Crippen LogP contribution < -0.4 is 56.2 Å². The molecule has 0 radical (unpaired) electrons. The number of nitrogens with one attached hydrogen (secondary N) is 7. The van der Waals surface area contributed by atoms with Crippen molar-refractivity contribution in [2.75, 3.05) is 46.6 Å². The second kappa shape index (κ2) is 29.9. The number of aliphatic hydroxyl groups is 1. The number of morpholine rings is 1. The fourth-order valence-corrected chi connectivity index (χ4v) is 13.0. The third kappa shape index (κ3) is 15.1. The molecule has 1 saturated heterocycles. The molecule has 31 heteroatoms. The maximum atomic E-state index is 16.2. The Morgan fingerprint density at radius 2 is 1.19 bits per heavy atom. The number of carbonyl (C=O) groups is 8. The number of aromatic hydroxyl groups is 5. The van der Waals surface area contributed by atoms with E-state index in [1.54, 1.807) is 30.3 Å². The van der Waals surface area contributed by atoms with Crippen molar-refractivity contribution in [2.24, 2.45) is 0 Å². The number of amides is 7. The van der Waals surface area contributed by atoms with Gasteiger partial charge in [0.1, 0.15) is 95.8 Å². The maximum absolute atomic E-state index is 16.2. The number of alkyl carbamates (subject to hydrolysis) is 1. The smallest absolute Gasteiger partial charge is 0.408 e. The van der Waals surface area contributed by atoms with Gasteiger partial charge in [-0.3, -0.25) is 33.7 Å². The van der Waals surface area contributed by atoms with Gasteiger partial charge in [0, 0.05) is 54.9 Å². The minimum absolute atomic E-state index is 0.00300. The Morgan fingerprint density at radius 1 is 0.567 bits per heavy atom. The molecule has 7 aliphatic heterocycles. The summed E-state index contributed by atoms with van der Waals surface area (Å²) in [6.07, 6.45) is -3.61. The summed E-state index contributed by atoms with van der Waals surface area (Å²) in [5.41, 5.74) is -1.13. The lowest BCUT2D eigenvalue weighted by atomic mass is 9.89. The molecule has 104 heavy (non-hydrogen) atoms. The van der Waals surface area contributed by atoms with E-state index in [0.29, 0.717) is 38.4 Å². The van der Waals surface area contributed by atoms with Crippen molar-refractivity contribution in [2.45, 2.75) is 61.4 Å². The van der Waals surface area contributed by atoms with E-state index in [0.717, 1.165) is 49.6 Å². The lowest BCUT2D eigenvalue weighted by molar-refractivity contribution is -0.146. The summed E-state index contributed by atoms with van der Waals surface area (Å²) < 4.78 is 42.4. The highest BCUT2D eigenvalue weighted by Gasteiger charge is 2.42. The Morgan fingerprint density at radius 3 is 1.89 bits per heavy atom. The number of methoxy groups -OCH3 is 1. The fourth-order valence-electron chi connectivity index (χ4n) is 12.6. The normalized spacial score (nSPS) is 21.0. The summed E-state index contributed by atoms with van der Waals surface area (Å²) in [6.45, 7) is 1.98. The van der Waals surface area contributed by atoms with E-state index in [-0.39, 0.29) is 108 Å². The van der Waals surface area contributed by atoms with Crippen LogP contribution in [-0.4, -0.2) is 142 Å². The summed E-state index contributed by atoms with van der Waals surface area (Å²) in [5.74, 6) is -13.1. The Kier molecular flexibility index (Phi) is 20.2. The van der Waals surface area contributed by atoms with Gasteiger partial charge in [0.25, 0.3) is 0 Å². The monoisotopic (exact) mass is 1460 g/mol. The molecule has 7 heterocycles. The maximum Gasteiger partial charge on any atom is 0.408 e. The van der Waals surface area contributed by atoms with Crippen LogP contribution in [0.15, 0.2) is 146 Å². The van der Waals surface area contributed by atoms with E-state index in [2.05, 4.69) is 42.1 Å². The number of carbonyl (C=O) groups excluding carboxylic acids is 8. The largest absolute Gasteiger partial charge is 0.508 e. The number of hydrogen-bond acceptors (Lipinski definition) is 22. The van der Waals surface area contributed by atoms with Gasteiger partial charge in [0.05, 0.1) is 30.4 Å². The van der Waals surface area contributed by atoms with Gasteiger partial charge < -0.3 is 101 Å². The molecular formula is C73H64Cl2N8O21. The lowest BCUT2D eigenvalue weighted by Crippen LogP contribution is -2.55. The van der Waals surface area contributed by atoms with Gasteiger partial charge in [-0.2, -0.15) is 0 Å². The molecule has 0 aliphatic carbocycles. The van der Waals surface area contributed by atoms with Gasteiger partial charge in [0.2, 0.25) is 41.2 Å². The molecule has 0 saturated carbocycles. The molecule has 0 aromatic heterocycles. The zero-order valence-electron chi connectivity index (χ0n) is 54.6. The van der Waals surface area contributed by atoms with Crippen LogP contribution in [0.3, 0.4) is 0 Å². The van der Waals surface area contributed by atoms with Crippen LogP contribution in [0, 0.1) is 0 Å². The molecule has 13 N–H and O–H groups in total. The van der Waals surface area contributed by atoms with Crippen LogP contribution in [0.2, 0.25) is 10.0 Å². The summed E-state index contributed by atoms with van der Waals surface area (Å²) in [7, 11) is 0.975. The number of rotatable bonds is 8. The van der Waals surface area contributed by atoms with Crippen molar-refractivity contribution in [3.63, 3.8) is 0 Å². The lowest BCUT2D eigenvalue weighted by Gasteiger charge is -2.31. The summed E-state index contributed by atoms with van der Waals surface area (Å²) in [4.78, 5) is 123. The molecule has 15 rings (SSSR count). The van der Waals surface area contributed by atoms with Crippen molar-refractivity contribution in [3.8, 4) is 80.1 Å². The van der Waals surface area contributed by atoms with Crippen LogP contribution in [0.5, 0.6) is 69.0 Å². The van der Waals surface area contributed by atoms with Gasteiger partial charge >= 0.3 is 12.1 Å². The molecule has 8 aromatic rings. The second-order valence-electron chi connectivity index (χ2n) is 24.7. The number of hydrogen-bond donors (Lipinski definition) is 13. The molecule has 8 aromatic carbocycles. The number of ether oxygens (including phenoxy) is 7. The summed E-state index contributed by atoms with van der Waals surface area (Å²) in [6, 6.07) is 17.7. The van der Waals surface area contributed by atoms with E-state index < -0.39 is 137 Å². The van der Waals surface area contributed by atoms with Crippen LogP contribution in [0.1, 0.15) is 80.8 Å². The third-order valence-electron chi connectivity index (χ3n) is 17.8. The molecule has 8 atom stereocenters. The summed E-state index contributed by atoms with van der Waals surface area (Å²) in [5, 5.41) is 87.5. The highest BCUT2D eigenvalue weighted by Crippen LogP contribution is 2.49. The van der Waals surface area contributed by atoms with Crippen LogP contribution in [0.25, 0.3) is 11.1 Å². The predicted octanol–water partition coefficient (Wildman–Crippen LogP) is 7.05. The SMILES string of the molecule is COC(=O)[C@@H]1NC(=O)[C@H]2NC(=O)[C@H](NC(=O)[C@@H]3NC(=O)[C@H]4NC(=O)[C@@H](Cc5ccc(c(Cl)c5)Oc5cc3cc(c5OCCN3CCOCC3)Oc3ccc(cc3Cl)[C@H]2O)NC(=O)[C@@H](NC(=O)OCc2ccccc2)c2ccc(O)c(c2)Oc2cc(O)cc4c2)c2ccc(O)c(c2)-c2c(O)cc(O)cc21. The number of aliphatic hydroxyl groups excluding tert-OH is 1. The van der Waals surface area contributed by atoms with Gasteiger partial charge in [0.15, 0.2) is 29.0 Å². The van der Waals surface area contributed by atoms with Crippen molar-refractivity contribution in [3.05, 3.63) is 200 Å². The Bertz CT molecular complexity index is 4770. The zero-order valence-corrected chi connectivity index (χ0v) is 56.2. The van der Waals surface area contributed by atoms with Crippen LogP contribution >= 0.6 is 23.2 Å². The standard InChI is InChI=1S/C73H64Cl2N8O21/c1-98-72(96)62-45-31-42(85)32-51(88)57(45)44-25-36(8-11-49(44)86)58-68(92)81-63(71(95)80-62)64(89)38-10-14-53(47(75)26-38)104-56-29-40-28-55(65(56)100-20-17-83-15-18-99-19-16-83)103-52-13-7-35(21-46(52)74)22-48-66(90)77-60(69(93)79-61(40)70(94)78-58)39-23-41(84)30-43(24-39)102-54-27-37(9-12-50(54)87)59(67(91)76-48)82-73(97)101-33-34-5-3-2-4-6-34/h2-14,21,23-32,48,58-64,84-89H,15-20,22,33H2,1H3,(H,76,91)(H,77,90)(H,78,94)(H,79,93)(H,80,95)(H,81,92)(H,82,97)/t48-,58-,59+,60+,61-,62-,63+,64-/m1/s1. The predicted molar refractivity (Wildman–Crippen MR) is 366 cm³/mol. The van der Waals surface area contributed by atoms with Crippen molar-refractivity contribution in [1.29, 1.82) is 0 Å². The first-order chi connectivity index (χ1) is 50.0. The van der Waals surface area contributed by atoms with Gasteiger partial charge in [-0.25, -0.2) is 9.59 Å². The summed E-state index contributed by atoms with van der Waals surface area (Å²) >= 11 is 14.3. The van der Waals surface area contributed by atoms with Gasteiger partial charge in [-0.05, 0) is 118 Å². The molecule has 0 unspecified atom stereocenters. The quantitative estimate of drug-likeness (QED) is 0.0678. The number of nitrogens with zero attached hydrogens (tertiary/aromatic N) is 1. The minimum atomic E-state index is -2.17. The average Bonchev–Trinajstić information content (AvgIpc) is 0.754. The van der Waals surface area contributed by atoms with Crippen LogP contribution in [0.4, 0.5) is 4.79 Å². The highest BCUT2D eigenvalue weighted by atomic mass is 35.5. The molecule has 1 fully saturated rings. The molecular weight excluding hydrogens is 1400 g/mol. The molecule has 0 spiro atoms. The topological polar surface area (TPSA) is 410 Å². The third-order valence-corrected chi connectivity index (χ3v) is 18.4. The Balaban J connectivity index is 1.01. The Labute approximate surface area is 600 Å². The first kappa shape index (κ1) is 70.4. The van der Waals surface area contributed by atoms with Crippen molar-refractivity contribution >= 4 is 70.7 Å². The van der Waals surface area contributed by atoms with E-state index in [9.17, 15) is 40.2 Å². The number of fused-ring (bicyclic) bond motifs is 14. The average molecular weight is 1460 g/mol. The van der Waals surface area contributed by atoms with Crippen molar-refractivity contribution < 1.29 is 102 Å². The Hall–Kier alpha value is -12.0. The molecule has 7 amide bonds. The number of phenolic OH excluding ortho intramolecular Hbond substituents is 5. The second-order valence-corrected chi connectivity index (χ2v) is 25.5. The van der Waals surface area contributed by atoms with E-state index >= 15 is 28.8 Å². The van der Waals surface area contributed by atoms with Crippen molar-refractivity contribution in [1.82, 2.24) is 42.1 Å². The number of esters is 1. The highest BCUT2D eigenvalue weighted by molar-refractivity contribution is 6.32. The number of halogens is 2. The van der Waals surface area contributed by atoms with Gasteiger partial charge in [-0.15, -0.1) is 0 Å². The van der Waals surface area contributed by atoms with E-state index in [1.807, 2.05) is 0 Å². The molecule has 29 nitrogen and oxygen atoms in total. The minimum Gasteiger partial charge on any atom is -0.508 e. The van der Waals surface area contributed by atoms with Gasteiger partial charge in [-0.1, -0.05) is 77.8 Å². The first-order valence-corrected chi connectivity index (χ1v) is 33.1. The zero-order chi connectivity index (χ0) is 73.2. The van der Waals surface area contributed by atoms with E-state index in [1.165, 1.54) is 72.8 Å². The molecule has 17 bridgehead atoms. The number of phenols is 5. The van der Waals surface area contributed by atoms with Crippen LogP contribution in [-0.2, 0) is 60.8 Å². The van der Waals surface area contributed by atoms with E-state index in [4.69, 9.17) is 56.4 Å². The fraction of sp³-hybridized carbons (Fsp3) is 0.233. The molecule has 536 valence electrons. The molecule has 7 aliphatic rings. The first-order valence-electron chi connectivity index (χ1n) is 32.4. The number of benzene rings is 8.